The van der Waals surface area contributed by atoms with Crippen LogP contribution in [0.2, 0.25) is 10.0 Å². The van der Waals surface area contributed by atoms with Crippen LogP contribution in [-0.2, 0) is 0 Å². The zero-order valence-corrected chi connectivity index (χ0v) is 21.9. The minimum atomic E-state index is -0.630. The summed E-state index contributed by atoms with van der Waals surface area (Å²) in [5, 5.41) is 17.8. The van der Waals surface area contributed by atoms with Gasteiger partial charge in [-0.1, -0.05) is 67.7 Å². The number of rotatable bonds is 5. The molecule has 3 atom stereocenters. The van der Waals surface area contributed by atoms with E-state index in [1.807, 2.05) is 53.2 Å². The Hall–Kier alpha value is -2.67. The minimum absolute atomic E-state index is 0.227. The van der Waals surface area contributed by atoms with Crippen molar-refractivity contribution in [2.24, 2.45) is 5.92 Å². The molecule has 3 unspecified atom stereocenters. The molecule has 2 saturated heterocycles. The SMILES string of the molecule is CCC(C)C1(O)CC2CCC(C1)N2c1ncnc2c(-c3ccc(Cl)cc3)n(-c3ccccc3Cl)nc12. The first-order chi connectivity index (χ1) is 17.4. The van der Waals surface area contributed by atoms with Crippen molar-refractivity contribution < 1.29 is 5.11 Å². The highest BCUT2D eigenvalue weighted by Gasteiger charge is 2.50. The van der Waals surface area contributed by atoms with Gasteiger partial charge < -0.3 is 10.0 Å². The van der Waals surface area contributed by atoms with Crippen molar-refractivity contribution in [1.29, 1.82) is 0 Å². The van der Waals surface area contributed by atoms with Gasteiger partial charge in [0.25, 0.3) is 0 Å². The molecule has 0 saturated carbocycles. The standard InChI is InChI=1S/C28H29Cl2N5O/c1-3-17(2)28(36)14-20-12-13-21(15-28)34(20)27-25-24(31-16-32-27)26(18-8-10-19(29)11-9-18)35(33-25)23-7-5-4-6-22(23)30/h4-11,16-17,20-21,36H,3,12-15H2,1-2H3. The van der Waals surface area contributed by atoms with Crippen molar-refractivity contribution in [1.82, 2.24) is 19.7 Å². The van der Waals surface area contributed by atoms with Crippen molar-refractivity contribution in [2.75, 3.05) is 4.90 Å². The van der Waals surface area contributed by atoms with Gasteiger partial charge >= 0.3 is 0 Å². The lowest BCUT2D eigenvalue weighted by Gasteiger charge is -2.47. The summed E-state index contributed by atoms with van der Waals surface area (Å²) in [5.74, 6) is 1.10. The molecule has 2 aromatic carbocycles. The monoisotopic (exact) mass is 521 g/mol. The van der Waals surface area contributed by atoms with Gasteiger partial charge in [-0.25, -0.2) is 14.6 Å². The molecule has 8 heteroatoms. The number of hydrogen-bond acceptors (Lipinski definition) is 5. The fraction of sp³-hybridized carbons (Fsp3) is 0.393. The molecule has 1 N–H and O–H groups in total. The van der Waals surface area contributed by atoms with Crippen LogP contribution < -0.4 is 4.90 Å². The number of halogens is 2. The van der Waals surface area contributed by atoms with Crippen LogP contribution in [0.4, 0.5) is 5.82 Å². The maximum atomic E-state index is 11.5. The predicted molar refractivity (Wildman–Crippen MR) is 145 cm³/mol. The summed E-state index contributed by atoms with van der Waals surface area (Å²) in [4.78, 5) is 11.9. The molecule has 36 heavy (non-hydrogen) atoms. The molecule has 186 valence electrons. The molecule has 0 amide bonds. The molecular formula is C28H29Cl2N5O. The number of fused-ring (bicyclic) bond motifs is 3. The van der Waals surface area contributed by atoms with Gasteiger partial charge in [0.1, 0.15) is 17.5 Å². The summed E-state index contributed by atoms with van der Waals surface area (Å²) >= 11 is 12.8. The summed E-state index contributed by atoms with van der Waals surface area (Å²) in [5.41, 5.74) is 3.45. The van der Waals surface area contributed by atoms with Crippen molar-refractivity contribution in [3.63, 3.8) is 0 Å². The van der Waals surface area contributed by atoms with Crippen LogP contribution in [0.5, 0.6) is 0 Å². The van der Waals surface area contributed by atoms with E-state index in [1.165, 1.54) is 0 Å². The third-order valence-corrected chi connectivity index (χ3v) is 8.78. The second-order valence-electron chi connectivity index (χ2n) is 10.2. The van der Waals surface area contributed by atoms with E-state index in [4.69, 9.17) is 38.3 Å². The molecule has 6 nitrogen and oxygen atoms in total. The molecule has 4 aromatic rings. The molecule has 0 aliphatic carbocycles. The number of para-hydroxylation sites is 1. The van der Waals surface area contributed by atoms with Crippen LogP contribution in [0.15, 0.2) is 54.9 Å². The van der Waals surface area contributed by atoms with E-state index in [1.54, 1.807) is 6.33 Å². The van der Waals surface area contributed by atoms with Gasteiger partial charge in [0.15, 0.2) is 11.3 Å². The highest BCUT2D eigenvalue weighted by Crippen LogP contribution is 2.47. The maximum Gasteiger partial charge on any atom is 0.161 e. The first kappa shape index (κ1) is 23.7. The molecule has 2 bridgehead atoms. The van der Waals surface area contributed by atoms with E-state index in [2.05, 4.69) is 18.7 Å². The number of nitrogens with zero attached hydrogens (tertiary/aromatic N) is 5. The number of piperidine rings is 1. The van der Waals surface area contributed by atoms with Gasteiger partial charge in [0.05, 0.1) is 16.3 Å². The second kappa shape index (κ2) is 9.02. The molecule has 6 rings (SSSR count). The normalized spacial score (nSPS) is 24.4. The van der Waals surface area contributed by atoms with Gasteiger partial charge in [-0.2, -0.15) is 5.10 Å². The van der Waals surface area contributed by atoms with E-state index < -0.39 is 5.60 Å². The first-order valence-corrected chi connectivity index (χ1v) is 13.4. The molecule has 0 radical (unpaired) electrons. The van der Waals surface area contributed by atoms with Gasteiger partial charge in [0.2, 0.25) is 0 Å². The first-order valence-electron chi connectivity index (χ1n) is 12.6. The van der Waals surface area contributed by atoms with E-state index in [0.29, 0.717) is 10.0 Å². The average Bonchev–Trinajstić information content (AvgIpc) is 3.39. The van der Waals surface area contributed by atoms with Crippen LogP contribution in [0.1, 0.15) is 46.0 Å². The lowest BCUT2D eigenvalue weighted by atomic mass is 9.76. The molecule has 0 spiro atoms. The van der Waals surface area contributed by atoms with Gasteiger partial charge in [0, 0.05) is 22.7 Å². The number of hydrogen-bond donors (Lipinski definition) is 1. The third-order valence-electron chi connectivity index (χ3n) is 8.21. The van der Waals surface area contributed by atoms with E-state index in [-0.39, 0.29) is 18.0 Å². The maximum absolute atomic E-state index is 11.5. The lowest BCUT2D eigenvalue weighted by molar-refractivity contribution is -0.0460. The van der Waals surface area contributed by atoms with Gasteiger partial charge in [-0.05, 0) is 55.9 Å². The number of aromatic nitrogens is 4. The van der Waals surface area contributed by atoms with E-state index in [9.17, 15) is 5.11 Å². The Morgan fingerprint density at radius 2 is 1.69 bits per heavy atom. The van der Waals surface area contributed by atoms with Crippen LogP contribution in [0.3, 0.4) is 0 Å². The molecule has 2 aliphatic rings. The summed E-state index contributed by atoms with van der Waals surface area (Å²) in [6.07, 6.45) is 6.19. The van der Waals surface area contributed by atoms with Gasteiger partial charge in [-0.15, -0.1) is 0 Å². The topological polar surface area (TPSA) is 67.1 Å². The number of anilines is 1. The third kappa shape index (κ3) is 3.78. The van der Waals surface area contributed by atoms with Crippen LogP contribution >= 0.6 is 23.2 Å². The second-order valence-corrected chi connectivity index (χ2v) is 11.1. The highest BCUT2D eigenvalue weighted by molar-refractivity contribution is 6.32. The molecule has 2 aliphatic heterocycles. The van der Waals surface area contributed by atoms with Crippen molar-refractivity contribution in [2.45, 2.75) is 63.6 Å². The van der Waals surface area contributed by atoms with Crippen molar-refractivity contribution >= 4 is 40.1 Å². The highest BCUT2D eigenvalue weighted by atomic mass is 35.5. The Bertz CT molecular complexity index is 1410. The molecule has 2 fully saturated rings. The Morgan fingerprint density at radius 3 is 2.36 bits per heavy atom. The summed E-state index contributed by atoms with van der Waals surface area (Å²) < 4.78 is 1.87. The van der Waals surface area contributed by atoms with E-state index in [0.717, 1.165) is 65.9 Å². The zero-order valence-electron chi connectivity index (χ0n) is 20.4. The lowest BCUT2D eigenvalue weighted by Crippen LogP contribution is -2.54. The Kier molecular flexibility index (Phi) is 5.94. The van der Waals surface area contributed by atoms with Gasteiger partial charge in [-0.3, -0.25) is 0 Å². The van der Waals surface area contributed by atoms with Crippen LogP contribution in [0, 0.1) is 5.92 Å². The largest absolute Gasteiger partial charge is 0.389 e. The Labute approximate surface area is 220 Å². The molecular weight excluding hydrogens is 493 g/mol. The average molecular weight is 522 g/mol. The Morgan fingerprint density at radius 1 is 1.00 bits per heavy atom. The van der Waals surface area contributed by atoms with Crippen molar-refractivity contribution in [3.8, 4) is 16.9 Å². The number of benzene rings is 2. The Balaban J connectivity index is 1.52. The summed E-state index contributed by atoms with van der Waals surface area (Å²) in [7, 11) is 0. The molecule has 2 aromatic heterocycles. The fourth-order valence-corrected chi connectivity index (χ4v) is 6.47. The predicted octanol–water partition coefficient (Wildman–Crippen LogP) is 6.70. The minimum Gasteiger partial charge on any atom is -0.389 e. The smallest absolute Gasteiger partial charge is 0.161 e. The summed E-state index contributed by atoms with van der Waals surface area (Å²) in [6, 6.07) is 15.8. The summed E-state index contributed by atoms with van der Waals surface area (Å²) in [6.45, 7) is 4.33. The fourth-order valence-electron chi connectivity index (χ4n) is 6.13. The quantitative estimate of drug-likeness (QED) is 0.316. The van der Waals surface area contributed by atoms with Crippen molar-refractivity contribution in [3.05, 3.63) is 64.9 Å². The number of aliphatic hydroxyl groups is 1. The zero-order chi connectivity index (χ0) is 25.0. The van der Waals surface area contributed by atoms with Crippen LogP contribution in [-0.4, -0.2) is 42.5 Å². The van der Waals surface area contributed by atoms with Crippen LogP contribution in [0.25, 0.3) is 28.0 Å². The van der Waals surface area contributed by atoms with E-state index >= 15 is 0 Å². The molecule has 4 heterocycles.